The summed E-state index contributed by atoms with van der Waals surface area (Å²) >= 11 is 0. The molecule has 1 saturated heterocycles. The largest absolute Gasteiger partial charge is 0.394 e. The Morgan fingerprint density at radius 3 is 2.70 bits per heavy atom. The van der Waals surface area contributed by atoms with Crippen molar-refractivity contribution in [2.45, 2.75) is 44.1 Å². The van der Waals surface area contributed by atoms with Crippen molar-refractivity contribution < 1.29 is 29.7 Å². The van der Waals surface area contributed by atoms with Gasteiger partial charge in [-0.2, -0.15) is 0 Å². The molecule has 0 radical (unpaired) electrons. The van der Waals surface area contributed by atoms with Crippen LogP contribution in [-0.2, 0) is 17.7 Å². The zero-order valence-corrected chi connectivity index (χ0v) is 16.3. The van der Waals surface area contributed by atoms with Crippen molar-refractivity contribution in [2.24, 2.45) is 0 Å². The number of ether oxygens (including phenoxy) is 1. The third-order valence-corrected chi connectivity index (χ3v) is 5.35. The molecule has 1 fully saturated rings. The summed E-state index contributed by atoms with van der Waals surface area (Å²) < 4.78 is 19.1. The number of anilines is 1. The normalized spacial score (nSPS) is 26.4. The molecule has 2 heterocycles. The molecule has 0 amide bonds. The van der Waals surface area contributed by atoms with Gasteiger partial charge in [0, 0.05) is 18.2 Å². The highest BCUT2D eigenvalue weighted by Gasteiger charge is 2.60. The zero-order chi connectivity index (χ0) is 22.1. The molecule has 10 nitrogen and oxygen atoms in total. The van der Waals surface area contributed by atoms with Crippen molar-refractivity contribution in [3.8, 4) is 0 Å². The average molecular weight is 424 g/mol. The van der Waals surface area contributed by atoms with Crippen molar-refractivity contribution in [3.05, 3.63) is 57.6 Å². The topological polar surface area (TPSA) is 154 Å². The third-order valence-electron chi connectivity index (χ3n) is 5.35. The monoisotopic (exact) mass is 424 g/mol. The molecule has 1 aliphatic heterocycles. The van der Waals surface area contributed by atoms with Gasteiger partial charge in [0.05, 0.1) is 19.8 Å². The van der Waals surface area contributed by atoms with Crippen LogP contribution in [0.5, 0.6) is 0 Å². The highest BCUT2D eigenvalue weighted by molar-refractivity contribution is 5.39. The van der Waals surface area contributed by atoms with Crippen molar-refractivity contribution in [1.82, 2.24) is 14.6 Å². The van der Waals surface area contributed by atoms with E-state index in [1.807, 2.05) is 0 Å². The van der Waals surface area contributed by atoms with Gasteiger partial charge in [-0.05, 0) is 18.1 Å². The minimum absolute atomic E-state index is 0.137. The Morgan fingerprint density at radius 2 is 2.07 bits per heavy atom. The predicted octanol–water partition coefficient (Wildman–Crippen LogP) is -0.523. The maximum Gasteiger partial charge on any atom is 0.351 e. The fourth-order valence-corrected chi connectivity index (χ4v) is 3.55. The van der Waals surface area contributed by atoms with E-state index >= 15 is 0 Å². The number of aliphatic hydroxyl groups excluding tert-OH is 2. The average Bonchev–Trinajstić information content (AvgIpc) is 2.98. The summed E-state index contributed by atoms with van der Waals surface area (Å²) in [7, 11) is 0. The maximum absolute atomic E-state index is 12.8. The van der Waals surface area contributed by atoms with Gasteiger partial charge in [-0.15, -0.1) is 5.06 Å². The molecule has 0 saturated carbocycles. The van der Waals surface area contributed by atoms with Gasteiger partial charge >= 0.3 is 5.69 Å². The number of halogens is 1. The van der Waals surface area contributed by atoms with E-state index in [0.717, 1.165) is 16.3 Å². The molecule has 164 valence electrons. The second kappa shape index (κ2) is 8.76. The van der Waals surface area contributed by atoms with Gasteiger partial charge in [0.2, 0.25) is 5.72 Å². The Labute approximate surface area is 171 Å². The summed E-state index contributed by atoms with van der Waals surface area (Å²) in [6.07, 6.45) is -3.88. The lowest BCUT2D eigenvalue weighted by molar-refractivity contribution is -0.318. The van der Waals surface area contributed by atoms with Gasteiger partial charge in [-0.25, -0.2) is 14.3 Å². The number of nitrogens with zero attached hydrogens (tertiary/aromatic N) is 3. The number of hydrogen-bond donors (Lipinski definition) is 5. The van der Waals surface area contributed by atoms with Crippen LogP contribution >= 0.6 is 0 Å². The van der Waals surface area contributed by atoms with Crippen LogP contribution in [-0.4, -0.2) is 66.4 Å². The number of hydrogen-bond acceptors (Lipinski definition) is 9. The van der Waals surface area contributed by atoms with Crippen LogP contribution < -0.4 is 11.4 Å². The molecule has 0 bridgehead atoms. The first kappa shape index (κ1) is 22.3. The molecular formula is C19H25FN4O6. The highest BCUT2D eigenvalue weighted by atomic mass is 19.1. The molecule has 6 N–H and O–H groups in total. The van der Waals surface area contributed by atoms with Gasteiger partial charge in [0.15, 0.2) is 6.23 Å². The molecular weight excluding hydrogens is 399 g/mol. The standard InChI is InChI=1S/C19H25FN4O6/c1-11-4-2-3-5-13(11)9-23(29)19(28)15(26)14(10-25)30-17(19)24-16(21)12(6-7-20)8-22-18(24)27/h2-5,8,14-15,17,25-26,28-29H,6-7,9-10,21H2,1H3/t14-,15-,17?,19-/m1/s1. The van der Waals surface area contributed by atoms with Crippen LogP contribution in [0.3, 0.4) is 0 Å². The van der Waals surface area contributed by atoms with Crippen molar-refractivity contribution in [1.29, 1.82) is 0 Å². The minimum Gasteiger partial charge on any atom is -0.394 e. The van der Waals surface area contributed by atoms with E-state index in [-0.39, 0.29) is 24.3 Å². The molecule has 30 heavy (non-hydrogen) atoms. The van der Waals surface area contributed by atoms with Crippen LogP contribution in [0.15, 0.2) is 35.3 Å². The molecule has 1 aromatic carbocycles. The van der Waals surface area contributed by atoms with Crippen LogP contribution in [0.1, 0.15) is 22.9 Å². The molecule has 0 aliphatic carbocycles. The first-order chi connectivity index (χ1) is 14.2. The van der Waals surface area contributed by atoms with Gasteiger partial charge in [-0.3, -0.25) is 4.39 Å². The Balaban J connectivity index is 2.08. The Kier molecular flexibility index (Phi) is 6.50. The van der Waals surface area contributed by atoms with Gasteiger partial charge < -0.3 is 31.0 Å². The van der Waals surface area contributed by atoms with Crippen LogP contribution in [0.2, 0.25) is 0 Å². The fourth-order valence-electron chi connectivity index (χ4n) is 3.55. The smallest absolute Gasteiger partial charge is 0.351 e. The lowest BCUT2D eigenvalue weighted by atomic mass is 10.0. The summed E-state index contributed by atoms with van der Waals surface area (Å²) in [5, 5.41) is 42.7. The molecule has 11 heteroatoms. The number of benzene rings is 1. The third kappa shape index (κ3) is 3.71. The Morgan fingerprint density at radius 1 is 1.37 bits per heavy atom. The minimum atomic E-state index is -2.57. The number of hydroxylamine groups is 2. The summed E-state index contributed by atoms with van der Waals surface area (Å²) in [5.41, 5.74) is 4.13. The SMILES string of the molecule is Cc1ccccc1CN(O)[C@]1(O)C(n2c(N)c(CCF)cnc2=O)O[C@H](CO)[C@H]1O. The molecule has 1 unspecified atom stereocenters. The number of aryl methyl sites for hydroxylation is 2. The molecule has 4 atom stereocenters. The zero-order valence-electron chi connectivity index (χ0n) is 16.3. The molecule has 2 aromatic rings. The second-order valence-corrected chi connectivity index (χ2v) is 7.18. The highest BCUT2D eigenvalue weighted by Crippen LogP contribution is 2.41. The summed E-state index contributed by atoms with van der Waals surface area (Å²) in [6.45, 7) is 0.103. The number of alkyl halides is 1. The van der Waals surface area contributed by atoms with E-state index in [1.54, 1.807) is 31.2 Å². The predicted molar refractivity (Wildman–Crippen MR) is 103 cm³/mol. The van der Waals surface area contributed by atoms with E-state index in [9.17, 15) is 29.7 Å². The van der Waals surface area contributed by atoms with Crippen molar-refractivity contribution in [3.63, 3.8) is 0 Å². The lowest BCUT2D eigenvalue weighted by Crippen LogP contribution is -2.59. The van der Waals surface area contributed by atoms with E-state index in [1.165, 1.54) is 0 Å². The number of aromatic nitrogens is 2. The van der Waals surface area contributed by atoms with Gasteiger partial charge in [0.25, 0.3) is 0 Å². The number of rotatable bonds is 7. The summed E-state index contributed by atoms with van der Waals surface area (Å²) in [4.78, 5) is 16.1. The van der Waals surface area contributed by atoms with Gasteiger partial charge in [-0.1, -0.05) is 24.3 Å². The number of nitrogens with two attached hydrogens (primary N) is 1. The first-order valence-corrected chi connectivity index (χ1v) is 9.35. The van der Waals surface area contributed by atoms with Gasteiger partial charge in [0.1, 0.15) is 18.0 Å². The Hall–Kier alpha value is -2.41. The van der Waals surface area contributed by atoms with E-state index < -0.39 is 43.1 Å². The fraction of sp³-hybridized carbons (Fsp3) is 0.474. The number of nitrogen functional groups attached to an aromatic ring is 1. The van der Waals surface area contributed by atoms with Crippen molar-refractivity contribution >= 4 is 5.82 Å². The molecule has 1 aliphatic rings. The summed E-state index contributed by atoms with van der Waals surface area (Å²) in [5.74, 6) is -0.230. The molecule has 3 rings (SSSR count). The van der Waals surface area contributed by atoms with Crippen LogP contribution in [0.4, 0.5) is 10.2 Å². The second-order valence-electron chi connectivity index (χ2n) is 7.18. The number of aliphatic hydroxyl groups is 3. The van der Waals surface area contributed by atoms with Crippen molar-refractivity contribution in [2.75, 3.05) is 19.0 Å². The first-order valence-electron chi connectivity index (χ1n) is 9.35. The van der Waals surface area contributed by atoms with E-state index in [0.29, 0.717) is 10.6 Å². The summed E-state index contributed by atoms with van der Waals surface area (Å²) in [6, 6.07) is 7.06. The quantitative estimate of drug-likeness (QED) is 0.292. The molecule has 0 spiro atoms. The lowest BCUT2D eigenvalue weighted by Gasteiger charge is -2.38. The van der Waals surface area contributed by atoms with E-state index in [4.69, 9.17) is 10.5 Å². The molecule has 1 aromatic heterocycles. The maximum atomic E-state index is 12.8. The van der Waals surface area contributed by atoms with Crippen LogP contribution in [0, 0.1) is 6.92 Å². The van der Waals surface area contributed by atoms with E-state index in [2.05, 4.69) is 4.98 Å². The Bertz CT molecular complexity index is 957. The van der Waals surface area contributed by atoms with Crippen LogP contribution in [0.25, 0.3) is 0 Å².